The summed E-state index contributed by atoms with van der Waals surface area (Å²) in [6.07, 6.45) is 1.66. The van der Waals surface area contributed by atoms with Gasteiger partial charge in [0.2, 0.25) is 0 Å². The van der Waals surface area contributed by atoms with Crippen LogP contribution in [-0.4, -0.2) is 11.1 Å². The van der Waals surface area contributed by atoms with Gasteiger partial charge < -0.3 is 4.74 Å². The predicted molar refractivity (Wildman–Crippen MR) is 117 cm³/mol. The molecule has 1 heterocycles. The van der Waals surface area contributed by atoms with Crippen molar-refractivity contribution in [3.05, 3.63) is 99.7 Å². The Labute approximate surface area is 181 Å². The first-order valence-corrected chi connectivity index (χ1v) is 10.2. The van der Waals surface area contributed by atoms with Crippen molar-refractivity contribution in [1.29, 1.82) is 0 Å². The normalized spacial score (nSPS) is 15.1. The molecule has 0 saturated carbocycles. The highest BCUT2D eigenvalue weighted by Gasteiger charge is 2.36. The van der Waals surface area contributed by atoms with Crippen molar-refractivity contribution in [3.63, 3.8) is 0 Å². The molecule has 0 N–H and O–H groups in total. The molecule has 1 aliphatic heterocycles. The number of halogens is 2. The van der Waals surface area contributed by atoms with E-state index >= 15 is 0 Å². The SMILES string of the molecule is O=C1S/C(=C/c2ccc(OCc3cccc(F)c3)cc2)C(=O)N1c1ccc(Cl)cc1. The molecule has 1 saturated heterocycles. The number of anilines is 1. The van der Waals surface area contributed by atoms with E-state index < -0.39 is 0 Å². The highest BCUT2D eigenvalue weighted by Crippen LogP contribution is 2.36. The fraction of sp³-hybridized carbons (Fsp3) is 0.0435. The highest BCUT2D eigenvalue weighted by atomic mass is 35.5. The van der Waals surface area contributed by atoms with Crippen LogP contribution in [0.5, 0.6) is 5.75 Å². The molecule has 150 valence electrons. The van der Waals surface area contributed by atoms with Crippen LogP contribution in [0.3, 0.4) is 0 Å². The number of amides is 2. The zero-order valence-corrected chi connectivity index (χ0v) is 17.1. The fourth-order valence-corrected chi connectivity index (χ4v) is 3.85. The van der Waals surface area contributed by atoms with E-state index in [0.717, 1.165) is 27.8 Å². The first-order chi connectivity index (χ1) is 14.5. The van der Waals surface area contributed by atoms with E-state index in [9.17, 15) is 14.0 Å². The van der Waals surface area contributed by atoms with Crippen molar-refractivity contribution in [3.8, 4) is 5.75 Å². The molecule has 2 amide bonds. The van der Waals surface area contributed by atoms with E-state index in [2.05, 4.69) is 0 Å². The zero-order valence-electron chi connectivity index (χ0n) is 15.5. The Morgan fingerprint density at radius 1 is 1.00 bits per heavy atom. The summed E-state index contributed by atoms with van der Waals surface area (Å²) >= 11 is 6.76. The summed E-state index contributed by atoms with van der Waals surface area (Å²) in [6, 6.07) is 19.8. The molecular weight excluding hydrogens is 425 g/mol. The van der Waals surface area contributed by atoms with Crippen molar-refractivity contribution in [1.82, 2.24) is 0 Å². The van der Waals surface area contributed by atoms with Crippen LogP contribution in [0, 0.1) is 5.82 Å². The third-order valence-electron chi connectivity index (χ3n) is 4.35. The smallest absolute Gasteiger partial charge is 0.298 e. The zero-order chi connectivity index (χ0) is 21.1. The van der Waals surface area contributed by atoms with Crippen LogP contribution in [0.25, 0.3) is 6.08 Å². The Bertz CT molecular complexity index is 1130. The maximum Gasteiger partial charge on any atom is 0.298 e. The van der Waals surface area contributed by atoms with E-state index in [0.29, 0.717) is 21.4 Å². The average Bonchev–Trinajstić information content (AvgIpc) is 3.01. The molecule has 4 nitrogen and oxygen atoms in total. The van der Waals surface area contributed by atoms with E-state index in [-0.39, 0.29) is 23.6 Å². The minimum absolute atomic E-state index is 0.247. The van der Waals surface area contributed by atoms with Crippen LogP contribution in [-0.2, 0) is 11.4 Å². The maximum absolute atomic E-state index is 13.2. The molecule has 0 atom stereocenters. The van der Waals surface area contributed by atoms with Gasteiger partial charge in [-0.15, -0.1) is 0 Å². The van der Waals surface area contributed by atoms with Crippen LogP contribution < -0.4 is 9.64 Å². The van der Waals surface area contributed by atoms with Gasteiger partial charge in [0.25, 0.3) is 11.1 Å². The van der Waals surface area contributed by atoms with Crippen LogP contribution in [0.1, 0.15) is 11.1 Å². The largest absolute Gasteiger partial charge is 0.489 e. The monoisotopic (exact) mass is 439 g/mol. The third-order valence-corrected chi connectivity index (χ3v) is 5.47. The number of carbonyl (C=O) groups excluding carboxylic acids is 2. The minimum atomic E-state index is -0.376. The molecule has 1 fully saturated rings. The molecule has 0 aromatic heterocycles. The Morgan fingerprint density at radius 2 is 1.73 bits per heavy atom. The number of thioether (sulfide) groups is 1. The van der Waals surface area contributed by atoms with Crippen LogP contribution in [0.2, 0.25) is 5.02 Å². The van der Waals surface area contributed by atoms with Gasteiger partial charge in [-0.25, -0.2) is 9.29 Å². The molecule has 0 unspecified atom stereocenters. The predicted octanol–water partition coefficient (Wildman–Crippen LogP) is 6.30. The van der Waals surface area contributed by atoms with Gasteiger partial charge in [0, 0.05) is 5.02 Å². The van der Waals surface area contributed by atoms with Crippen LogP contribution >= 0.6 is 23.4 Å². The van der Waals surface area contributed by atoms with Gasteiger partial charge in [-0.2, -0.15) is 0 Å². The lowest BCUT2D eigenvalue weighted by Gasteiger charge is -2.12. The van der Waals surface area contributed by atoms with E-state index in [4.69, 9.17) is 16.3 Å². The highest BCUT2D eigenvalue weighted by molar-refractivity contribution is 8.19. The minimum Gasteiger partial charge on any atom is -0.489 e. The molecule has 0 aliphatic carbocycles. The lowest BCUT2D eigenvalue weighted by Crippen LogP contribution is -2.27. The summed E-state index contributed by atoms with van der Waals surface area (Å²) in [6.45, 7) is 0.247. The van der Waals surface area contributed by atoms with Gasteiger partial charge in [0.1, 0.15) is 18.2 Å². The van der Waals surface area contributed by atoms with E-state index in [1.54, 1.807) is 66.7 Å². The second-order valence-electron chi connectivity index (χ2n) is 6.48. The standard InChI is InChI=1S/C23H15ClFNO3S/c24-17-6-8-19(9-7-17)26-22(27)21(30-23(26)28)13-15-4-10-20(11-5-15)29-14-16-2-1-3-18(25)12-16/h1-13H,14H2/b21-13+. The molecule has 0 bridgehead atoms. The summed E-state index contributed by atoms with van der Waals surface area (Å²) in [4.78, 5) is 26.5. The first kappa shape index (κ1) is 20.2. The average molecular weight is 440 g/mol. The molecular formula is C23H15ClFNO3S. The summed E-state index contributed by atoms with van der Waals surface area (Å²) in [5.74, 6) is -0.0663. The summed E-state index contributed by atoms with van der Waals surface area (Å²) in [5, 5.41) is 0.171. The number of rotatable bonds is 5. The lowest BCUT2D eigenvalue weighted by atomic mass is 10.2. The Kier molecular flexibility index (Phi) is 5.88. The van der Waals surface area contributed by atoms with Crippen molar-refractivity contribution in [2.24, 2.45) is 0 Å². The van der Waals surface area contributed by atoms with Gasteiger partial charge >= 0.3 is 0 Å². The summed E-state index contributed by atoms with van der Waals surface area (Å²) in [5.41, 5.74) is 1.97. The van der Waals surface area contributed by atoms with Crippen LogP contribution in [0.15, 0.2) is 77.7 Å². The van der Waals surface area contributed by atoms with Crippen molar-refractivity contribution in [2.45, 2.75) is 6.61 Å². The van der Waals surface area contributed by atoms with Gasteiger partial charge in [0.15, 0.2) is 0 Å². The number of hydrogen-bond donors (Lipinski definition) is 0. The molecule has 30 heavy (non-hydrogen) atoms. The number of ether oxygens (including phenoxy) is 1. The third kappa shape index (κ3) is 4.56. The van der Waals surface area contributed by atoms with Crippen molar-refractivity contribution in [2.75, 3.05) is 4.90 Å². The van der Waals surface area contributed by atoms with E-state index in [1.165, 1.54) is 12.1 Å². The van der Waals surface area contributed by atoms with Gasteiger partial charge in [-0.05, 0) is 77.5 Å². The van der Waals surface area contributed by atoms with Gasteiger partial charge in [-0.1, -0.05) is 35.9 Å². The molecule has 3 aromatic rings. The Balaban J connectivity index is 1.45. The van der Waals surface area contributed by atoms with Crippen molar-refractivity contribution < 1.29 is 18.7 Å². The second kappa shape index (κ2) is 8.73. The summed E-state index contributed by atoms with van der Waals surface area (Å²) in [7, 11) is 0. The second-order valence-corrected chi connectivity index (χ2v) is 7.91. The van der Waals surface area contributed by atoms with Crippen molar-refractivity contribution >= 4 is 46.3 Å². The lowest BCUT2D eigenvalue weighted by molar-refractivity contribution is -0.113. The molecule has 3 aromatic carbocycles. The summed E-state index contributed by atoms with van der Waals surface area (Å²) < 4.78 is 18.9. The quantitative estimate of drug-likeness (QED) is 0.438. The topological polar surface area (TPSA) is 46.6 Å². The van der Waals surface area contributed by atoms with Crippen LogP contribution in [0.4, 0.5) is 14.9 Å². The Hall–Kier alpha value is -3.09. The van der Waals surface area contributed by atoms with Gasteiger partial charge in [-0.3, -0.25) is 9.59 Å². The number of carbonyl (C=O) groups is 2. The number of benzene rings is 3. The molecule has 0 radical (unpaired) electrons. The molecule has 0 spiro atoms. The number of hydrogen-bond acceptors (Lipinski definition) is 4. The Morgan fingerprint density at radius 3 is 2.43 bits per heavy atom. The maximum atomic E-state index is 13.2. The molecule has 7 heteroatoms. The molecule has 4 rings (SSSR count). The molecule has 1 aliphatic rings. The first-order valence-electron chi connectivity index (χ1n) is 9.00. The number of nitrogens with zero attached hydrogens (tertiary/aromatic N) is 1. The van der Waals surface area contributed by atoms with E-state index in [1.807, 2.05) is 0 Å². The van der Waals surface area contributed by atoms with Gasteiger partial charge in [0.05, 0.1) is 10.6 Å². The fourth-order valence-electron chi connectivity index (χ4n) is 2.89. The number of imide groups is 1.